The maximum Gasteiger partial charge on any atom is 0.263 e. The van der Waals surface area contributed by atoms with Crippen LogP contribution in [0.25, 0.3) is 17.0 Å². The maximum atomic E-state index is 13.8. The highest BCUT2D eigenvalue weighted by molar-refractivity contribution is 6.30. The molecule has 0 bridgehead atoms. The Labute approximate surface area is 229 Å². The number of carbonyl (C=O) groups is 1. The number of hydrogen-bond donors (Lipinski definition) is 0. The van der Waals surface area contributed by atoms with Gasteiger partial charge in [0.2, 0.25) is 0 Å². The summed E-state index contributed by atoms with van der Waals surface area (Å²) < 4.78 is 1.36. The summed E-state index contributed by atoms with van der Waals surface area (Å²) in [5.41, 5.74) is 4.38. The van der Waals surface area contributed by atoms with Crippen LogP contribution in [0.15, 0.2) is 94.6 Å². The van der Waals surface area contributed by atoms with Gasteiger partial charge in [0, 0.05) is 16.0 Å². The van der Waals surface area contributed by atoms with Crippen LogP contribution in [-0.2, 0) is 11.3 Å². The molecule has 0 spiro atoms. The van der Waals surface area contributed by atoms with Crippen molar-refractivity contribution in [2.45, 2.75) is 31.8 Å². The summed E-state index contributed by atoms with van der Waals surface area (Å²) >= 11 is 12.3. The van der Waals surface area contributed by atoms with E-state index in [0.29, 0.717) is 20.9 Å². The smallest absolute Gasteiger partial charge is 0.263 e. The van der Waals surface area contributed by atoms with Gasteiger partial charge in [-0.15, -0.1) is 0 Å². The Morgan fingerprint density at radius 1 is 0.974 bits per heavy atom. The molecule has 1 aromatic heterocycles. The fourth-order valence-electron chi connectivity index (χ4n) is 5.40. The molecule has 2 atom stereocenters. The lowest BCUT2D eigenvalue weighted by molar-refractivity contribution is -0.134. The molecule has 6 nitrogen and oxygen atoms in total. The second-order valence-corrected chi connectivity index (χ2v) is 10.5. The third kappa shape index (κ3) is 4.66. The van der Waals surface area contributed by atoms with Gasteiger partial charge in [0.15, 0.2) is 0 Å². The van der Waals surface area contributed by atoms with E-state index in [9.17, 15) is 9.59 Å². The van der Waals surface area contributed by atoms with E-state index in [4.69, 9.17) is 28.3 Å². The highest BCUT2D eigenvalue weighted by Gasteiger charge is 2.43. The van der Waals surface area contributed by atoms with Gasteiger partial charge in [-0.25, -0.2) is 9.99 Å². The fourth-order valence-corrected chi connectivity index (χ4v) is 5.65. The van der Waals surface area contributed by atoms with Crippen molar-refractivity contribution in [3.63, 3.8) is 0 Å². The number of carbonyl (C=O) groups excluding carboxylic acids is 1. The monoisotopic (exact) mass is 542 g/mol. The molecule has 8 heteroatoms. The van der Waals surface area contributed by atoms with Gasteiger partial charge in [-0.2, -0.15) is 5.10 Å². The minimum atomic E-state index is -0.284. The first-order chi connectivity index (χ1) is 18.5. The lowest BCUT2D eigenvalue weighted by atomic mass is 9.77. The molecule has 1 aliphatic heterocycles. The molecule has 3 aromatic carbocycles. The van der Waals surface area contributed by atoms with E-state index in [1.807, 2.05) is 54.6 Å². The van der Waals surface area contributed by atoms with Crippen LogP contribution in [-0.4, -0.2) is 26.2 Å². The molecule has 0 saturated heterocycles. The summed E-state index contributed by atoms with van der Waals surface area (Å²) in [4.78, 5) is 31.2. The number of amides is 1. The molecule has 38 heavy (non-hydrogen) atoms. The van der Waals surface area contributed by atoms with Crippen LogP contribution in [0.1, 0.15) is 36.4 Å². The topological polar surface area (TPSA) is 67.6 Å². The van der Waals surface area contributed by atoms with Crippen molar-refractivity contribution in [3.8, 4) is 0 Å². The van der Waals surface area contributed by atoms with Gasteiger partial charge in [-0.3, -0.25) is 14.2 Å². The van der Waals surface area contributed by atoms with Gasteiger partial charge in [0.25, 0.3) is 11.5 Å². The lowest BCUT2D eigenvalue weighted by Crippen LogP contribution is -2.36. The number of rotatable bonds is 4. The first-order valence-corrected chi connectivity index (χ1v) is 13.3. The third-order valence-corrected chi connectivity index (χ3v) is 7.72. The van der Waals surface area contributed by atoms with Gasteiger partial charge >= 0.3 is 0 Å². The fraction of sp³-hybridized carbons (Fsp3) is 0.200. The zero-order chi connectivity index (χ0) is 26.2. The van der Waals surface area contributed by atoms with Crippen molar-refractivity contribution in [1.29, 1.82) is 0 Å². The molecular formula is C30H24Cl2N4O2. The van der Waals surface area contributed by atoms with Crippen LogP contribution in [0.2, 0.25) is 10.0 Å². The highest BCUT2D eigenvalue weighted by atomic mass is 35.5. The number of halogens is 2. The lowest BCUT2D eigenvalue weighted by Gasteiger charge is -2.29. The Kier molecular flexibility index (Phi) is 6.60. The van der Waals surface area contributed by atoms with Crippen molar-refractivity contribution in [1.82, 2.24) is 14.6 Å². The molecule has 2 heterocycles. The molecule has 1 saturated carbocycles. The number of para-hydroxylation sites is 1. The summed E-state index contributed by atoms with van der Waals surface area (Å²) in [6.45, 7) is -0.152. The Morgan fingerprint density at radius 2 is 1.68 bits per heavy atom. The second kappa shape index (κ2) is 10.2. The second-order valence-electron chi connectivity index (χ2n) is 9.63. The molecule has 1 fully saturated rings. The zero-order valence-corrected chi connectivity index (χ0v) is 21.9. The van der Waals surface area contributed by atoms with E-state index in [1.54, 1.807) is 23.2 Å². The number of allylic oxidation sites excluding steroid dienone is 1. The van der Waals surface area contributed by atoms with Gasteiger partial charge in [-0.05, 0) is 78.4 Å². The summed E-state index contributed by atoms with van der Waals surface area (Å²) in [6.07, 6.45) is 6.34. The number of hydrazone groups is 1. The Balaban J connectivity index is 1.38. The summed E-state index contributed by atoms with van der Waals surface area (Å²) in [5.74, 6) is -0.226. The van der Waals surface area contributed by atoms with E-state index in [-0.39, 0.29) is 30.0 Å². The summed E-state index contributed by atoms with van der Waals surface area (Å²) in [7, 11) is 0. The van der Waals surface area contributed by atoms with E-state index >= 15 is 0 Å². The van der Waals surface area contributed by atoms with Gasteiger partial charge in [0.05, 0.1) is 29.0 Å². The third-order valence-electron chi connectivity index (χ3n) is 7.22. The molecule has 0 N–H and O–H groups in total. The molecule has 1 aliphatic carbocycles. The Morgan fingerprint density at radius 3 is 2.45 bits per heavy atom. The SMILES string of the molecule is O=C(Cn1cnc2ccccc2c1=O)N1N=C2/C(=C\c3ccc(Cl)cc3)CCC[C@H]2[C@H]1c1ccc(Cl)cc1. The van der Waals surface area contributed by atoms with Crippen molar-refractivity contribution in [2.24, 2.45) is 11.0 Å². The standard InChI is InChI=1S/C30H24Cl2N4O2/c31-22-12-8-19(9-13-22)16-21-4-3-6-25-28(21)34-36(29(25)20-10-14-23(32)15-11-20)27(37)17-35-18-33-26-7-2-1-5-24(26)30(35)38/h1-2,5,7-16,18,25,29H,3-4,6,17H2/b21-16-/t25-,29-/m1/s1. The predicted octanol–water partition coefficient (Wildman–Crippen LogP) is 6.53. The van der Waals surface area contributed by atoms with Gasteiger partial charge in [-0.1, -0.05) is 59.6 Å². The first-order valence-electron chi connectivity index (χ1n) is 12.5. The summed E-state index contributed by atoms with van der Waals surface area (Å²) in [5, 5.41) is 8.27. The van der Waals surface area contributed by atoms with Crippen LogP contribution < -0.4 is 5.56 Å². The highest BCUT2D eigenvalue weighted by Crippen LogP contribution is 2.44. The van der Waals surface area contributed by atoms with Gasteiger partial charge < -0.3 is 0 Å². The van der Waals surface area contributed by atoms with Gasteiger partial charge in [0.1, 0.15) is 6.54 Å². The van der Waals surface area contributed by atoms with E-state index < -0.39 is 0 Å². The summed E-state index contributed by atoms with van der Waals surface area (Å²) in [6, 6.07) is 22.1. The zero-order valence-electron chi connectivity index (χ0n) is 20.4. The Bertz CT molecular complexity index is 1640. The number of benzene rings is 3. The van der Waals surface area contributed by atoms with E-state index in [2.05, 4.69) is 11.1 Å². The minimum Gasteiger partial charge on any atom is -0.289 e. The average molecular weight is 543 g/mol. The average Bonchev–Trinajstić information content (AvgIpc) is 3.33. The van der Waals surface area contributed by atoms with Crippen LogP contribution in [0, 0.1) is 5.92 Å². The molecule has 0 radical (unpaired) electrons. The van der Waals surface area contributed by atoms with Crippen molar-refractivity contribution >= 4 is 51.8 Å². The van der Waals surface area contributed by atoms with E-state index in [1.165, 1.54) is 10.9 Å². The number of hydrogen-bond acceptors (Lipinski definition) is 4. The number of aromatic nitrogens is 2. The molecule has 6 rings (SSSR count). The van der Waals surface area contributed by atoms with Crippen LogP contribution in [0.3, 0.4) is 0 Å². The quantitative estimate of drug-likeness (QED) is 0.294. The van der Waals surface area contributed by atoms with Crippen molar-refractivity contribution < 1.29 is 4.79 Å². The number of nitrogens with zero attached hydrogens (tertiary/aromatic N) is 4. The molecule has 190 valence electrons. The minimum absolute atomic E-state index is 0.0406. The Hall–Kier alpha value is -3.74. The largest absolute Gasteiger partial charge is 0.289 e. The normalized spacial score (nSPS) is 20.0. The first kappa shape index (κ1) is 24.6. The number of fused-ring (bicyclic) bond motifs is 2. The molecule has 4 aromatic rings. The van der Waals surface area contributed by atoms with Crippen LogP contribution in [0.4, 0.5) is 0 Å². The predicted molar refractivity (Wildman–Crippen MR) is 151 cm³/mol. The van der Waals surface area contributed by atoms with Crippen molar-refractivity contribution in [3.05, 3.63) is 116 Å². The molecular weight excluding hydrogens is 519 g/mol. The van der Waals surface area contributed by atoms with Crippen LogP contribution >= 0.6 is 23.2 Å². The maximum absolute atomic E-state index is 13.8. The molecule has 0 unspecified atom stereocenters. The van der Waals surface area contributed by atoms with Crippen molar-refractivity contribution in [2.75, 3.05) is 0 Å². The van der Waals surface area contributed by atoms with Crippen LogP contribution in [0.5, 0.6) is 0 Å². The van der Waals surface area contributed by atoms with E-state index in [0.717, 1.165) is 41.7 Å². The molecule has 1 amide bonds. The molecule has 2 aliphatic rings.